The lowest BCUT2D eigenvalue weighted by atomic mass is 9.72. The van der Waals surface area contributed by atoms with Gasteiger partial charge in [-0.2, -0.15) is 0 Å². The van der Waals surface area contributed by atoms with Crippen molar-refractivity contribution in [3.8, 4) is 11.1 Å². The quantitative estimate of drug-likeness (QED) is 0.217. The predicted molar refractivity (Wildman–Crippen MR) is 151 cm³/mol. The van der Waals surface area contributed by atoms with Gasteiger partial charge in [0.1, 0.15) is 0 Å². The summed E-state index contributed by atoms with van der Waals surface area (Å²) in [6.45, 7) is 0. The standard InChI is InChI=1S/C32H24BNO2/c35-33(36)32-29-17-9-7-15-27(29)31(28-16-8-10-18-30(28)32)23-19-21-26(22-20-23)34(24-11-3-1-4-12-24)25-13-5-2-6-14-25/h1-22,35-36H. The molecule has 0 unspecified atom stereocenters. The van der Waals surface area contributed by atoms with Crippen LogP contribution in [0.25, 0.3) is 32.7 Å². The molecule has 0 saturated heterocycles. The molecular weight excluding hydrogens is 441 g/mol. The maximum absolute atomic E-state index is 10.2. The fourth-order valence-corrected chi connectivity index (χ4v) is 5.13. The Morgan fingerprint density at radius 2 is 0.806 bits per heavy atom. The highest BCUT2D eigenvalue weighted by molar-refractivity contribution is 6.66. The second-order valence-electron chi connectivity index (χ2n) is 8.81. The number of hydrogen-bond donors (Lipinski definition) is 2. The first-order valence-electron chi connectivity index (χ1n) is 12.0. The zero-order valence-electron chi connectivity index (χ0n) is 19.6. The molecule has 0 aliphatic heterocycles. The topological polar surface area (TPSA) is 43.7 Å². The molecule has 0 aromatic heterocycles. The molecule has 0 atom stereocenters. The smallest absolute Gasteiger partial charge is 0.423 e. The molecule has 0 fully saturated rings. The van der Waals surface area contributed by atoms with E-state index >= 15 is 0 Å². The lowest BCUT2D eigenvalue weighted by Crippen LogP contribution is -2.31. The van der Waals surface area contributed by atoms with E-state index in [4.69, 9.17) is 0 Å². The van der Waals surface area contributed by atoms with Gasteiger partial charge in [-0.1, -0.05) is 97.1 Å². The molecule has 0 aliphatic carbocycles. The van der Waals surface area contributed by atoms with Gasteiger partial charge in [-0.05, 0) is 74.5 Å². The second kappa shape index (κ2) is 9.35. The fourth-order valence-electron chi connectivity index (χ4n) is 5.13. The van der Waals surface area contributed by atoms with Crippen LogP contribution >= 0.6 is 0 Å². The third-order valence-electron chi connectivity index (χ3n) is 6.67. The molecule has 4 heteroatoms. The largest absolute Gasteiger partial charge is 0.489 e. The highest BCUT2D eigenvalue weighted by Gasteiger charge is 2.22. The molecule has 0 aliphatic rings. The average Bonchev–Trinajstić information content (AvgIpc) is 2.93. The van der Waals surface area contributed by atoms with Crippen LogP contribution in [-0.2, 0) is 0 Å². The van der Waals surface area contributed by atoms with Gasteiger partial charge in [0.05, 0.1) is 0 Å². The number of hydrogen-bond acceptors (Lipinski definition) is 3. The SMILES string of the molecule is OB(O)c1c2ccccc2c(-c2ccc(N(c3ccccc3)c3ccccc3)cc2)c2ccccc12. The van der Waals surface area contributed by atoms with Crippen LogP contribution in [0.5, 0.6) is 0 Å². The molecule has 6 aromatic carbocycles. The van der Waals surface area contributed by atoms with Crippen molar-refractivity contribution in [2.45, 2.75) is 0 Å². The molecule has 3 nitrogen and oxygen atoms in total. The highest BCUT2D eigenvalue weighted by Crippen LogP contribution is 2.39. The summed E-state index contributed by atoms with van der Waals surface area (Å²) in [6.07, 6.45) is 0. The van der Waals surface area contributed by atoms with Crippen LogP contribution in [0.4, 0.5) is 17.1 Å². The van der Waals surface area contributed by atoms with Gasteiger partial charge in [0.15, 0.2) is 0 Å². The van der Waals surface area contributed by atoms with Crippen LogP contribution in [0, 0.1) is 0 Å². The van der Waals surface area contributed by atoms with Gasteiger partial charge in [0, 0.05) is 17.1 Å². The average molecular weight is 465 g/mol. The van der Waals surface area contributed by atoms with Crippen LogP contribution in [0.15, 0.2) is 133 Å². The zero-order valence-corrected chi connectivity index (χ0v) is 19.6. The number of para-hydroxylation sites is 2. The summed E-state index contributed by atoms with van der Waals surface area (Å²) in [5.74, 6) is 0. The molecular formula is C32H24BNO2. The minimum atomic E-state index is -1.55. The van der Waals surface area contributed by atoms with Gasteiger partial charge in [0.2, 0.25) is 0 Å². The van der Waals surface area contributed by atoms with Crippen molar-refractivity contribution in [2.24, 2.45) is 0 Å². The molecule has 172 valence electrons. The molecule has 0 heterocycles. The summed E-state index contributed by atoms with van der Waals surface area (Å²) < 4.78 is 0. The number of fused-ring (bicyclic) bond motifs is 2. The summed E-state index contributed by atoms with van der Waals surface area (Å²) in [5, 5.41) is 24.2. The van der Waals surface area contributed by atoms with Crippen LogP contribution in [0.3, 0.4) is 0 Å². The Morgan fingerprint density at radius 3 is 1.25 bits per heavy atom. The van der Waals surface area contributed by atoms with Crippen LogP contribution in [-0.4, -0.2) is 17.2 Å². The van der Waals surface area contributed by atoms with Crippen LogP contribution in [0.2, 0.25) is 0 Å². The van der Waals surface area contributed by atoms with Crippen molar-refractivity contribution < 1.29 is 10.0 Å². The maximum Gasteiger partial charge on any atom is 0.489 e. The van der Waals surface area contributed by atoms with E-state index < -0.39 is 7.12 Å². The summed E-state index contributed by atoms with van der Waals surface area (Å²) >= 11 is 0. The summed E-state index contributed by atoms with van der Waals surface area (Å²) in [4.78, 5) is 2.24. The molecule has 0 saturated carbocycles. The molecule has 0 amide bonds. The first kappa shape index (κ1) is 22.1. The van der Waals surface area contributed by atoms with E-state index in [0.29, 0.717) is 5.46 Å². The first-order chi connectivity index (χ1) is 17.7. The second-order valence-corrected chi connectivity index (χ2v) is 8.81. The molecule has 0 spiro atoms. The van der Waals surface area contributed by atoms with Crippen molar-refractivity contribution in [3.05, 3.63) is 133 Å². The van der Waals surface area contributed by atoms with Gasteiger partial charge in [-0.15, -0.1) is 0 Å². The van der Waals surface area contributed by atoms with E-state index in [-0.39, 0.29) is 0 Å². The molecule has 36 heavy (non-hydrogen) atoms. The minimum Gasteiger partial charge on any atom is -0.423 e. The lowest BCUT2D eigenvalue weighted by molar-refractivity contribution is 0.426. The first-order valence-corrected chi connectivity index (χ1v) is 12.0. The Bertz CT molecular complexity index is 1550. The molecule has 6 aromatic rings. The molecule has 6 rings (SSSR count). The van der Waals surface area contributed by atoms with Gasteiger partial charge in [0.25, 0.3) is 0 Å². The monoisotopic (exact) mass is 465 g/mol. The maximum atomic E-state index is 10.2. The summed E-state index contributed by atoms with van der Waals surface area (Å²) in [5.41, 5.74) is 5.95. The van der Waals surface area contributed by atoms with E-state index in [0.717, 1.165) is 49.7 Å². The zero-order chi connectivity index (χ0) is 24.5. The van der Waals surface area contributed by atoms with Crippen molar-refractivity contribution >= 4 is 51.2 Å². The summed E-state index contributed by atoms with van der Waals surface area (Å²) in [7, 11) is -1.55. The van der Waals surface area contributed by atoms with Crippen molar-refractivity contribution in [3.63, 3.8) is 0 Å². The van der Waals surface area contributed by atoms with Gasteiger partial charge in [-0.3, -0.25) is 0 Å². The predicted octanol–water partition coefficient (Wildman–Crippen LogP) is 6.81. The van der Waals surface area contributed by atoms with Crippen LogP contribution in [0.1, 0.15) is 0 Å². The fraction of sp³-hybridized carbons (Fsp3) is 0. The van der Waals surface area contributed by atoms with E-state index in [1.165, 1.54) is 0 Å². The van der Waals surface area contributed by atoms with E-state index in [9.17, 15) is 10.0 Å². The number of benzene rings is 6. The lowest BCUT2D eigenvalue weighted by Gasteiger charge is -2.25. The van der Waals surface area contributed by atoms with Crippen LogP contribution < -0.4 is 10.4 Å². The Hall–Kier alpha value is -4.38. The Labute approximate surface area is 210 Å². The number of rotatable bonds is 5. The third-order valence-corrected chi connectivity index (χ3v) is 6.67. The summed E-state index contributed by atoms with van der Waals surface area (Å²) in [6, 6.07) is 45.2. The van der Waals surface area contributed by atoms with Gasteiger partial charge < -0.3 is 14.9 Å². The van der Waals surface area contributed by atoms with E-state index in [1.54, 1.807) is 0 Å². The van der Waals surface area contributed by atoms with E-state index in [1.807, 2.05) is 48.5 Å². The van der Waals surface area contributed by atoms with Gasteiger partial charge in [-0.25, -0.2) is 0 Å². The van der Waals surface area contributed by atoms with E-state index in [2.05, 4.69) is 89.8 Å². The van der Waals surface area contributed by atoms with Crippen molar-refractivity contribution in [1.29, 1.82) is 0 Å². The molecule has 0 bridgehead atoms. The highest BCUT2D eigenvalue weighted by atomic mass is 16.4. The Morgan fingerprint density at radius 1 is 0.417 bits per heavy atom. The molecule has 2 N–H and O–H groups in total. The number of anilines is 3. The van der Waals surface area contributed by atoms with Gasteiger partial charge >= 0.3 is 7.12 Å². The Balaban J connectivity index is 1.55. The third kappa shape index (κ3) is 3.83. The minimum absolute atomic E-state index is 0.543. The number of nitrogens with zero attached hydrogens (tertiary/aromatic N) is 1. The van der Waals surface area contributed by atoms with Crippen molar-refractivity contribution in [2.75, 3.05) is 4.90 Å². The van der Waals surface area contributed by atoms with Crippen molar-refractivity contribution in [1.82, 2.24) is 0 Å². The normalized spacial score (nSPS) is 11.1. The Kier molecular flexibility index (Phi) is 5.74. The molecule has 0 radical (unpaired) electrons.